The quantitative estimate of drug-likeness (QED) is 0.875. The Morgan fingerprint density at radius 2 is 1.71 bits per heavy atom. The molecule has 1 aromatic carbocycles. The van der Waals surface area contributed by atoms with Crippen LogP contribution in [0.1, 0.15) is 44.1 Å². The topological polar surface area (TPSA) is 66.1 Å². The second-order valence-electron chi connectivity index (χ2n) is 5.35. The van der Waals surface area contributed by atoms with Gasteiger partial charge in [-0.05, 0) is 31.4 Å². The number of benzene rings is 1. The lowest BCUT2D eigenvalue weighted by atomic mass is 9.99. The number of carbonyl (C=O) groups is 2. The van der Waals surface area contributed by atoms with Crippen LogP contribution in [0.25, 0.3) is 0 Å². The van der Waals surface area contributed by atoms with Gasteiger partial charge in [0.2, 0.25) is 0 Å². The maximum Gasteiger partial charge on any atom is 0.261 e. The van der Waals surface area contributed by atoms with Gasteiger partial charge in [0, 0.05) is 25.4 Å². The molecule has 0 fully saturated rings. The van der Waals surface area contributed by atoms with E-state index in [0.717, 1.165) is 23.4 Å². The van der Waals surface area contributed by atoms with Crippen LogP contribution in [-0.4, -0.2) is 33.2 Å². The SMILES string of the molecule is Cc1ccc(C)c2c1C(=O)N(CCCc1ncc[nH]1)C2=O. The highest BCUT2D eigenvalue weighted by Gasteiger charge is 2.37. The van der Waals surface area contributed by atoms with Crippen LogP contribution in [0.15, 0.2) is 24.5 Å². The van der Waals surface area contributed by atoms with Crippen molar-refractivity contribution in [3.63, 3.8) is 0 Å². The van der Waals surface area contributed by atoms with E-state index in [-0.39, 0.29) is 11.8 Å². The second kappa shape index (κ2) is 5.16. The number of aromatic nitrogens is 2. The van der Waals surface area contributed by atoms with Crippen molar-refractivity contribution in [1.82, 2.24) is 14.9 Å². The van der Waals surface area contributed by atoms with Crippen molar-refractivity contribution in [2.45, 2.75) is 26.7 Å². The zero-order valence-corrected chi connectivity index (χ0v) is 12.1. The number of fused-ring (bicyclic) bond motifs is 1. The first-order valence-electron chi connectivity index (χ1n) is 7.04. The zero-order chi connectivity index (χ0) is 15.0. The Bertz CT molecular complexity index is 664. The first kappa shape index (κ1) is 13.5. The largest absolute Gasteiger partial charge is 0.349 e. The predicted octanol–water partition coefficient (Wildman–Crippen LogP) is 2.26. The monoisotopic (exact) mass is 283 g/mol. The molecule has 3 rings (SSSR count). The molecule has 0 bridgehead atoms. The summed E-state index contributed by atoms with van der Waals surface area (Å²) >= 11 is 0. The standard InChI is InChI=1S/C16H17N3O2/c1-10-5-6-11(2)14-13(10)15(20)19(16(14)21)9-3-4-12-17-7-8-18-12/h5-8H,3-4,9H2,1-2H3,(H,17,18). The van der Waals surface area contributed by atoms with E-state index in [1.807, 2.05) is 26.0 Å². The van der Waals surface area contributed by atoms with Crippen LogP contribution >= 0.6 is 0 Å². The minimum Gasteiger partial charge on any atom is -0.349 e. The van der Waals surface area contributed by atoms with Gasteiger partial charge in [0.05, 0.1) is 11.1 Å². The van der Waals surface area contributed by atoms with E-state index >= 15 is 0 Å². The van der Waals surface area contributed by atoms with Crippen LogP contribution in [0.3, 0.4) is 0 Å². The smallest absolute Gasteiger partial charge is 0.261 e. The van der Waals surface area contributed by atoms with Gasteiger partial charge in [-0.25, -0.2) is 4.98 Å². The van der Waals surface area contributed by atoms with Crippen molar-refractivity contribution >= 4 is 11.8 Å². The number of imide groups is 1. The fraction of sp³-hybridized carbons (Fsp3) is 0.312. The maximum atomic E-state index is 12.5. The summed E-state index contributed by atoms with van der Waals surface area (Å²) in [6.45, 7) is 4.16. The third-order valence-corrected chi connectivity index (χ3v) is 3.89. The number of aromatic amines is 1. The van der Waals surface area contributed by atoms with Crippen LogP contribution in [-0.2, 0) is 6.42 Å². The molecule has 0 saturated carbocycles. The van der Waals surface area contributed by atoms with Gasteiger partial charge in [-0.2, -0.15) is 0 Å². The Kier molecular flexibility index (Phi) is 3.33. The summed E-state index contributed by atoms with van der Waals surface area (Å²) in [6.07, 6.45) is 4.89. The number of H-pyrrole nitrogens is 1. The average Bonchev–Trinajstić information content (AvgIpc) is 3.05. The molecule has 0 aliphatic carbocycles. The average molecular weight is 283 g/mol. The Balaban J connectivity index is 1.77. The number of hydrogen-bond acceptors (Lipinski definition) is 3. The minimum absolute atomic E-state index is 0.171. The van der Waals surface area contributed by atoms with Gasteiger partial charge in [0.15, 0.2) is 0 Å². The third-order valence-electron chi connectivity index (χ3n) is 3.89. The fourth-order valence-electron chi connectivity index (χ4n) is 2.77. The van der Waals surface area contributed by atoms with Gasteiger partial charge in [-0.1, -0.05) is 12.1 Å². The molecule has 0 spiro atoms. The molecule has 0 unspecified atom stereocenters. The first-order valence-corrected chi connectivity index (χ1v) is 7.04. The molecule has 1 aromatic heterocycles. The van der Waals surface area contributed by atoms with E-state index in [9.17, 15) is 9.59 Å². The molecule has 0 saturated heterocycles. The van der Waals surface area contributed by atoms with Crippen LogP contribution in [0.4, 0.5) is 0 Å². The van der Waals surface area contributed by atoms with Crippen molar-refractivity contribution in [3.05, 3.63) is 52.6 Å². The van der Waals surface area contributed by atoms with E-state index in [4.69, 9.17) is 0 Å². The van der Waals surface area contributed by atoms with Crippen molar-refractivity contribution in [3.8, 4) is 0 Å². The molecule has 1 aliphatic heterocycles. The Morgan fingerprint density at radius 1 is 1.10 bits per heavy atom. The predicted molar refractivity (Wildman–Crippen MR) is 78.2 cm³/mol. The van der Waals surface area contributed by atoms with E-state index < -0.39 is 0 Å². The summed E-state index contributed by atoms with van der Waals surface area (Å²) in [5.41, 5.74) is 2.86. The van der Waals surface area contributed by atoms with Crippen LogP contribution in [0, 0.1) is 13.8 Å². The number of carbonyl (C=O) groups excluding carboxylic acids is 2. The van der Waals surface area contributed by atoms with Gasteiger partial charge >= 0.3 is 0 Å². The highest BCUT2D eigenvalue weighted by molar-refractivity contribution is 6.22. The van der Waals surface area contributed by atoms with Gasteiger partial charge in [0.1, 0.15) is 5.82 Å². The molecule has 2 amide bonds. The molecule has 0 radical (unpaired) electrons. The molecule has 1 aliphatic rings. The lowest BCUT2D eigenvalue weighted by Gasteiger charge is -2.13. The molecule has 21 heavy (non-hydrogen) atoms. The number of hydrogen-bond donors (Lipinski definition) is 1. The summed E-state index contributed by atoms with van der Waals surface area (Å²) in [5, 5.41) is 0. The summed E-state index contributed by atoms with van der Waals surface area (Å²) in [7, 11) is 0. The van der Waals surface area contributed by atoms with Crippen LogP contribution in [0.2, 0.25) is 0 Å². The van der Waals surface area contributed by atoms with Crippen molar-refractivity contribution in [1.29, 1.82) is 0 Å². The Morgan fingerprint density at radius 3 is 2.24 bits per heavy atom. The van der Waals surface area contributed by atoms with Gasteiger partial charge < -0.3 is 4.98 Å². The van der Waals surface area contributed by atoms with Gasteiger partial charge in [-0.3, -0.25) is 14.5 Å². The van der Waals surface area contributed by atoms with Crippen molar-refractivity contribution in [2.24, 2.45) is 0 Å². The summed E-state index contributed by atoms with van der Waals surface area (Å²) in [5.74, 6) is 0.533. The van der Waals surface area contributed by atoms with Crippen LogP contribution < -0.4 is 0 Å². The Hall–Kier alpha value is -2.43. The second-order valence-corrected chi connectivity index (χ2v) is 5.35. The van der Waals surface area contributed by atoms with Gasteiger partial charge in [-0.15, -0.1) is 0 Å². The van der Waals surface area contributed by atoms with Crippen molar-refractivity contribution < 1.29 is 9.59 Å². The molecular formula is C16H17N3O2. The van der Waals surface area contributed by atoms with Crippen molar-refractivity contribution in [2.75, 3.05) is 6.54 Å². The Labute approximate surface area is 123 Å². The maximum absolute atomic E-state index is 12.5. The number of nitrogens with zero attached hydrogens (tertiary/aromatic N) is 2. The molecule has 5 nitrogen and oxygen atoms in total. The molecule has 2 aromatic rings. The number of nitrogens with one attached hydrogen (secondary N) is 1. The van der Waals surface area contributed by atoms with E-state index in [1.165, 1.54) is 4.90 Å². The lowest BCUT2D eigenvalue weighted by Crippen LogP contribution is -2.31. The van der Waals surface area contributed by atoms with E-state index in [1.54, 1.807) is 12.4 Å². The highest BCUT2D eigenvalue weighted by atomic mass is 16.2. The zero-order valence-electron chi connectivity index (χ0n) is 12.1. The third kappa shape index (κ3) is 2.24. The van der Waals surface area contributed by atoms with Gasteiger partial charge in [0.25, 0.3) is 11.8 Å². The summed E-state index contributed by atoms with van der Waals surface area (Å²) < 4.78 is 0. The van der Waals surface area contributed by atoms with E-state index in [2.05, 4.69) is 9.97 Å². The highest BCUT2D eigenvalue weighted by Crippen LogP contribution is 2.28. The lowest BCUT2D eigenvalue weighted by molar-refractivity contribution is 0.0652. The van der Waals surface area contributed by atoms with E-state index in [0.29, 0.717) is 24.1 Å². The number of amides is 2. The fourth-order valence-corrected chi connectivity index (χ4v) is 2.77. The summed E-state index contributed by atoms with van der Waals surface area (Å²) in [6, 6.07) is 3.79. The number of aryl methyl sites for hydroxylation is 3. The summed E-state index contributed by atoms with van der Waals surface area (Å²) in [4.78, 5) is 33.4. The molecule has 5 heteroatoms. The molecule has 0 atom stereocenters. The number of rotatable bonds is 4. The molecule has 1 N–H and O–H groups in total. The normalized spacial score (nSPS) is 13.9. The first-order chi connectivity index (χ1) is 10.1. The molecule has 108 valence electrons. The molecular weight excluding hydrogens is 266 g/mol. The number of imidazole rings is 1. The molecule has 2 heterocycles. The van der Waals surface area contributed by atoms with Crippen LogP contribution in [0.5, 0.6) is 0 Å². The minimum atomic E-state index is -0.171.